The summed E-state index contributed by atoms with van der Waals surface area (Å²) in [6, 6.07) is 12.4. The normalized spacial score (nSPS) is 16.6. The van der Waals surface area contributed by atoms with Gasteiger partial charge in [-0.2, -0.15) is 0 Å². The number of fused-ring (bicyclic) bond motifs is 1. The van der Waals surface area contributed by atoms with Crippen molar-refractivity contribution in [3.05, 3.63) is 48.0 Å². The second-order valence-electron chi connectivity index (χ2n) is 5.04. The number of carbonyl (C=O) groups is 1. The maximum absolute atomic E-state index is 12.9. The minimum absolute atomic E-state index is 0.143. The highest BCUT2D eigenvalue weighted by Crippen LogP contribution is 2.32. The Morgan fingerprint density at radius 2 is 1.83 bits per heavy atom. The van der Waals surface area contributed by atoms with E-state index in [9.17, 15) is 9.00 Å². The Kier molecular flexibility index (Phi) is 4.34. The van der Waals surface area contributed by atoms with Crippen molar-refractivity contribution in [2.24, 2.45) is 0 Å². The molecule has 1 aliphatic heterocycles. The third-order valence-corrected chi connectivity index (χ3v) is 5.17. The molecule has 1 heterocycles. The molecule has 0 spiro atoms. The molecule has 1 atom stereocenters. The van der Waals surface area contributed by atoms with Gasteiger partial charge in [0, 0.05) is 17.9 Å². The maximum atomic E-state index is 12.9. The van der Waals surface area contributed by atoms with Crippen LogP contribution in [0.5, 0.6) is 11.5 Å². The lowest BCUT2D eigenvalue weighted by molar-refractivity contribution is 0.0987. The fourth-order valence-corrected chi connectivity index (χ4v) is 3.82. The van der Waals surface area contributed by atoms with Crippen molar-refractivity contribution in [3.8, 4) is 11.5 Å². The van der Waals surface area contributed by atoms with Gasteiger partial charge in [-0.1, -0.05) is 12.1 Å². The van der Waals surface area contributed by atoms with Crippen LogP contribution >= 0.6 is 0 Å². The zero-order valence-electron chi connectivity index (χ0n) is 12.9. The molecule has 120 valence electrons. The number of hydrogen-bond acceptors (Lipinski definition) is 4. The number of benzene rings is 2. The van der Waals surface area contributed by atoms with Crippen molar-refractivity contribution in [2.45, 2.75) is 4.90 Å². The molecular formula is C17H17NO4S. The van der Waals surface area contributed by atoms with E-state index < -0.39 is 10.8 Å². The fourth-order valence-electron chi connectivity index (χ4n) is 2.61. The van der Waals surface area contributed by atoms with E-state index in [2.05, 4.69) is 0 Å². The number of carbonyl (C=O) groups excluding carboxylic acids is 1. The fraction of sp³-hybridized carbons (Fsp3) is 0.235. The number of methoxy groups -OCH3 is 2. The van der Waals surface area contributed by atoms with Crippen LogP contribution in [0.15, 0.2) is 47.4 Å². The number of para-hydroxylation sites is 1. The van der Waals surface area contributed by atoms with E-state index in [0.717, 1.165) is 0 Å². The largest absolute Gasteiger partial charge is 0.493 e. The third-order valence-electron chi connectivity index (χ3n) is 3.78. The van der Waals surface area contributed by atoms with E-state index in [1.807, 2.05) is 18.2 Å². The molecule has 2 aromatic rings. The summed E-state index contributed by atoms with van der Waals surface area (Å²) in [5.41, 5.74) is 1.21. The third kappa shape index (κ3) is 2.82. The van der Waals surface area contributed by atoms with Gasteiger partial charge in [-0.05, 0) is 30.3 Å². The number of hydrogen-bond donors (Lipinski definition) is 0. The molecular weight excluding hydrogens is 314 g/mol. The molecule has 0 radical (unpaired) electrons. The molecule has 5 nitrogen and oxygen atoms in total. The number of rotatable bonds is 3. The van der Waals surface area contributed by atoms with Gasteiger partial charge in [-0.3, -0.25) is 9.00 Å². The highest BCUT2D eigenvalue weighted by Gasteiger charge is 2.27. The average Bonchev–Trinajstić information content (AvgIpc) is 2.61. The molecule has 0 saturated carbocycles. The van der Waals surface area contributed by atoms with Gasteiger partial charge < -0.3 is 14.4 Å². The second kappa shape index (κ2) is 6.42. The van der Waals surface area contributed by atoms with Gasteiger partial charge in [0.15, 0.2) is 11.5 Å². The quantitative estimate of drug-likeness (QED) is 0.867. The minimum Gasteiger partial charge on any atom is -0.493 e. The van der Waals surface area contributed by atoms with E-state index in [4.69, 9.17) is 9.47 Å². The topological polar surface area (TPSA) is 55.8 Å². The summed E-state index contributed by atoms with van der Waals surface area (Å²) in [4.78, 5) is 15.2. The lowest BCUT2D eigenvalue weighted by Gasteiger charge is -2.29. The molecule has 3 rings (SSSR count). The summed E-state index contributed by atoms with van der Waals surface area (Å²) < 4.78 is 22.6. The zero-order chi connectivity index (χ0) is 16.4. The van der Waals surface area contributed by atoms with Crippen LogP contribution in [0.1, 0.15) is 10.4 Å². The maximum Gasteiger partial charge on any atom is 0.258 e. The monoisotopic (exact) mass is 331 g/mol. The highest BCUT2D eigenvalue weighted by molar-refractivity contribution is 7.85. The Morgan fingerprint density at radius 1 is 1.09 bits per heavy atom. The summed E-state index contributed by atoms with van der Waals surface area (Å²) >= 11 is 0. The van der Waals surface area contributed by atoms with Gasteiger partial charge in [0.05, 0.1) is 35.6 Å². The molecule has 1 unspecified atom stereocenters. The number of ether oxygens (including phenoxy) is 2. The van der Waals surface area contributed by atoms with E-state index in [-0.39, 0.29) is 5.91 Å². The highest BCUT2D eigenvalue weighted by atomic mass is 32.2. The average molecular weight is 331 g/mol. The standard InChI is InChI=1S/C17H17NO4S/c1-21-14-8-7-12(11-15(14)22-2)17(19)18-9-10-23(20)16-6-4-3-5-13(16)18/h3-8,11H,9-10H2,1-2H3. The molecule has 1 amide bonds. The molecule has 0 aliphatic carbocycles. The smallest absolute Gasteiger partial charge is 0.258 e. The lowest BCUT2D eigenvalue weighted by atomic mass is 10.1. The van der Waals surface area contributed by atoms with E-state index in [1.54, 1.807) is 36.3 Å². The molecule has 2 aromatic carbocycles. The number of amides is 1. The van der Waals surface area contributed by atoms with Gasteiger partial charge >= 0.3 is 0 Å². The van der Waals surface area contributed by atoms with Crippen molar-refractivity contribution in [2.75, 3.05) is 31.4 Å². The van der Waals surface area contributed by atoms with E-state index in [0.29, 0.717) is 39.9 Å². The van der Waals surface area contributed by atoms with Crippen molar-refractivity contribution in [1.82, 2.24) is 0 Å². The van der Waals surface area contributed by atoms with Gasteiger partial charge in [-0.25, -0.2) is 0 Å². The lowest BCUT2D eigenvalue weighted by Crippen LogP contribution is -2.38. The Bertz CT molecular complexity index is 775. The van der Waals surface area contributed by atoms with Gasteiger partial charge in [0.1, 0.15) is 0 Å². The first-order valence-corrected chi connectivity index (χ1v) is 8.49. The molecule has 0 bridgehead atoms. The van der Waals surface area contributed by atoms with Crippen LogP contribution < -0.4 is 14.4 Å². The van der Waals surface area contributed by atoms with Crippen molar-refractivity contribution in [3.63, 3.8) is 0 Å². The Hall–Kier alpha value is -2.34. The first-order valence-electron chi connectivity index (χ1n) is 7.17. The van der Waals surface area contributed by atoms with E-state index >= 15 is 0 Å². The zero-order valence-corrected chi connectivity index (χ0v) is 13.8. The molecule has 0 fully saturated rings. The van der Waals surface area contributed by atoms with Gasteiger partial charge in [0.25, 0.3) is 5.91 Å². The summed E-state index contributed by atoms with van der Waals surface area (Å²) in [6.07, 6.45) is 0. The summed E-state index contributed by atoms with van der Waals surface area (Å²) in [7, 11) is 2.03. The molecule has 1 aliphatic rings. The van der Waals surface area contributed by atoms with Crippen LogP contribution in [0.25, 0.3) is 0 Å². The molecule has 0 N–H and O–H groups in total. The van der Waals surface area contributed by atoms with Crippen LogP contribution in [0.2, 0.25) is 0 Å². The first-order chi connectivity index (χ1) is 11.2. The summed E-state index contributed by atoms with van der Waals surface area (Å²) in [6.45, 7) is 0.427. The van der Waals surface area contributed by atoms with Crippen LogP contribution in [0.4, 0.5) is 5.69 Å². The van der Waals surface area contributed by atoms with Crippen molar-refractivity contribution in [1.29, 1.82) is 0 Å². The van der Waals surface area contributed by atoms with Crippen molar-refractivity contribution >= 4 is 22.4 Å². The van der Waals surface area contributed by atoms with Crippen LogP contribution in [0.3, 0.4) is 0 Å². The molecule has 0 saturated heterocycles. The molecule has 6 heteroatoms. The summed E-state index contributed by atoms with van der Waals surface area (Å²) in [5, 5.41) is 0. The Morgan fingerprint density at radius 3 is 2.57 bits per heavy atom. The van der Waals surface area contributed by atoms with Crippen LogP contribution in [0, 0.1) is 0 Å². The number of anilines is 1. The predicted molar refractivity (Wildman–Crippen MR) is 88.9 cm³/mol. The summed E-state index contributed by atoms with van der Waals surface area (Å²) in [5.74, 6) is 1.38. The number of nitrogens with zero attached hydrogens (tertiary/aromatic N) is 1. The van der Waals surface area contributed by atoms with Gasteiger partial charge in [0.2, 0.25) is 0 Å². The molecule has 23 heavy (non-hydrogen) atoms. The van der Waals surface area contributed by atoms with Crippen LogP contribution in [-0.2, 0) is 10.8 Å². The SMILES string of the molecule is COc1ccc(C(=O)N2CCS(=O)c3ccccc32)cc1OC. The predicted octanol–water partition coefficient (Wildman–Crippen LogP) is 2.47. The first kappa shape index (κ1) is 15.6. The van der Waals surface area contributed by atoms with Crippen molar-refractivity contribution < 1.29 is 18.5 Å². The second-order valence-corrected chi connectivity index (χ2v) is 6.58. The Labute approximate surface area is 137 Å². The Balaban J connectivity index is 1.98. The van der Waals surface area contributed by atoms with Gasteiger partial charge in [-0.15, -0.1) is 0 Å². The minimum atomic E-state index is -1.06. The van der Waals surface area contributed by atoms with Crippen LogP contribution in [-0.4, -0.2) is 36.6 Å². The molecule has 0 aromatic heterocycles. The van der Waals surface area contributed by atoms with E-state index in [1.165, 1.54) is 7.11 Å².